The molecule has 2 fully saturated rings. The van der Waals surface area contributed by atoms with Crippen LogP contribution in [0.2, 0.25) is 5.02 Å². The first-order valence-corrected chi connectivity index (χ1v) is 12.4. The number of ether oxygens (including phenoxy) is 2. The fourth-order valence-corrected chi connectivity index (χ4v) is 6.17. The van der Waals surface area contributed by atoms with Crippen LogP contribution in [0.15, 0.2) is 23.1 Å². The maximum atomic E-state index is 12.6. The van der Waals surface area contributed by atoms with Gasteiger partial charge in [-0.2, -0.15) is 4.98 Å². The second-order valence-corrected chi connectivity index (χ2v) is 10.7. The summed E-state index contributed by atoms with van der Waals surface area (Å²) in [5.41, 5.74) is 0.909. The summed E-state index contributed by atoms with van der Waals surface area (Å²) in [7, 11) is 2.17. The first-order valence-electron chi connectivity index (χ1n) is 10.7. The molecule has 1 aromatic carbocycles. The number of fused-ring (bicyclic) bond motifs is 1. The van der Waals surface area contributed by atoms with Gasteiger partial charge in [-0.1, -0.05) is 17.7 Å². The van der Waals surface area contributed by atoms with Crippen LogP contribution in [0.5, 0.6) is 5.75 Å². The van der Waals surface area contributed by atoms with E-state index < -0.39 is 16.4 Å². The van der Waals surface area contributed by atoms with Crippen LogP contribution in [0.3, 0.4) is 0 Å². The van der Waals surface area contributed by atoms with Gasteiger partial charge in [0.05, 0.1) is 53.9 Å². The number of nitrogens with zero attached hydrogens (tertiary/aromatic N) is 3. The molecular formula is C22H27ClN4O4S. The van der Waals surface area contributed by atoms with Gasteiger partial charge in [-0.15, -0.1) is 0 Å². The molecule has 2 aliphatic heterocycles. The van der Waals surface area contributed by atoms with Gasteiger partial charge in [-0.3, -0.25) is 4.21 Å². The number of aliphatic hydroxyl groups is 1. The third-order valence-corrected chi connectivity index (χ3v) is 8.69. The van der Waals surface area contributed by atoms with Gasteiger partial charge in [0.1, 0.15) is 22.1 Å². The van der Waals surface area contributed by atoms with E-state index in [-0.39, 0.29) is 12.1 Å². The lowest BCUT2D eigenvalue weighted by atomic mass is 9.77. The van der Waals surface area contributed by atoms with E-state index in [9.17, 15) is 9.32 Å². The Labute approximate surface area is 194 Å². The number of hydrogen-bond donors (Lipinski definition) is 2. The minimum atomic E-state index is -1.12. The molecule has 3 aliphatic rings. The van der Waals surface area contributed by atoms with Crippen molar-refractivity contribution in [2.24, 2.45) is 0 Å². The highest BCUT2D eigenvalue weighted by atomic mass is 35.5. The van der Waals surface area contributed by atoms with Gasteiger partial charge in [-0.25, -0.2) is 4.98 Å². The molecule has 1 unspecified atom stereocenters. The molecule has 2 N–H and O–H groups in total. The molecule has 1 saturated carbocycles. The quantitative estimate of drug-likeness (QED) is 0.626. The summed E-state index contributed by atoms with van der Waals surface area (Å²) in [6, 6.07) is 5.67. The van der Waals surface area contributed by atoms with Crippen LogP contribution in [0.25, 0.3) is 0 Å². The molecule has 10 heteroatoms. The van der Waals surface area contributed by atoms with Crippen LogP contribution in [0, 0.1) is 0 Å². The Morgan fingerprint density at radius 3 is 2.69 bits per heavy atom. The number of aliphatic hydroxyl groups excluding tert-OH is 1. The lowest BCUT2D eigenvalue weighted by Gasteiger charge is -2.49. The Kier molecular flexibility index (Phi) is 5.56. The Balaban J connectivity index is 1.44. The zero-order valence-corrected chi connectivity index (χ0v) is 19.8. The van der Waals surface area contributed by atoms with Gasteiger partial charge in [0, 0.05) is 19.3 Å². The van der Waals surface area contributed by atoms with Crippen molar-refractivity contribution in [3.05, 3.63) is 34.5 Å². The van der Waals surface area contributed by atoms with E-state index in [2.05, 4.69) is 10.2 Å². The van der Waals surface area contributed by atoms with E-state index in [0.717, 1.165) is 30.5 Å². The molecule has 8 nitrogen and oxygen atoms in total. The van der Waals surface area contributed by atoms with E-state index in [1.54, 1.807) is 14.2 Å². The smallest absolute Gasteiger partial charge is 0.227 e. The van der Waals surface area contributed by atoms with Crippen LogP contribution in [0.1, 0.15) is 30.5 Å². The predicted octanol–water partition coefficient (Wildman–Crippen LogP) is 2.49. The Morgan fingerprint density at radius 1 is 1.28 bits per heavy atom. The summed E-state index contributed by atoms with van der Waals surface area (Å²) in [5, 5.41) is 13.9. The van der Waals surface area contributed by atoms with E-state index in [0.29, 0.717) is 52.7 Å². The normalized spacial score (nSPS) is 22.6. The second kappa shape index (κ2) is 8.13. The summed E-state index contributed by atoms with van der Waals surface area (Å²) in [4.78, 5) is 12.3. The highest BCUT2D eigenvalue weighted by molar-refractivity contribution is 7.85. The van der Waals surface area contributed by atoms with Gasteiger partial charge in [0.25, 0.3) is 0 Å². The van der Waals surface area contributed by atoms with Crippen LogP contribution >= 0.6 is 11.6 Å². The fraction of sp³-hybridized carbons (Fsp3) is 0.545. The van der Waals surface area contributed by atoms with Crippen molar-refractivity contribution in [1.82, 2.24) is 9.97 Å². The molecule has 1 aromatic heterocycles. The highest BCUT2D eigenvalue weighted by Crippen LogP contribution is 2.42. The Hall–Kier alpha value is -1.94. The summed E-state index contributed by atoms with van der Waals surface area (Å²) in [6.07, 6.45) is 3.47. The second-order valence-electron chi connectivity index (χ2n) is 8.77. The summed E-state index contributed by atoms with van der Waals surface area (Å²) in [5.74, 6) is 2.35. The van der Waals surface area contributed by atoms with Gasteiger partial charge in [0.15, 0.2) is 0 Å². The minimum absolute atomic E-state index is 0.0304. The molecular weight excluding hydrogens is 452 g/mol. The van der Waals surface area contributed by atoms with Gasteiger partial charge < -0.3 is 24.8 Å². The topological polar surface area (TPSA) is 96.8 Å². The number of rotatable bonds is 7. The van der Waals surface area contributed by atoms with E-state index >= 15 is 0 Å². The maximum absolute atomic E-state index is 12.6. The number of aromatic nitrogens is 2. The monoisotopic (exact) mass is 478 g/mol. The van der Waals surface area contributed by atoms with Crippen LogP contribution in [-0.4, -0.2) is 64.5 Å². The first kappa shape index (κ1) is 21.9. The van der Waals surface area contributed by atoms with E-state index in [1.165, 1.54) is 0 Å². The molecule has 0 radical (unpaired) electrons. The van der Waals surface area contributed by atoms with Gasteiger partial charge in [0.2, 0.25) is 5.95 Å². The minimum Gasteiger partial charge on any atom is -0.495 e. The van der Waals surface area contributed by atoms with Crippen molar-refractivity contribution in [1.29, 1.82) is 0 Å². The van der Waals surface area contributed by atoms with E-state index in [4.69, 9.17) is 31.0 Å². The molecule has 172 valence electrons. The molecule has 32 heavy (non-hydrogen) atoms. The standard InChI is InChI=1S/C22H27ClN4O4S/c1-30-17-10-14(4-5-15(17)23)22(31-2)11-27(12-22)20-24-16-6-9-32(29)18(16)19(25-20)26-21(13-28)7-3-8-21/h4-5,10,28H,3,6-9,11-13H2,1-2H3,(H,24,25,26). The van der Waals surface area contributed by atoms with Crippen LogP contribution < -0.4 is 15.0 Å². The number of anilines is 2. The van der Waals surface area contributed by atoms with Gasteiger partial charge >= 0.3 is 0 Å². The average molecular weight is 479 g/mol. The van der Waals surface area contributed by atoms with Crippen molar-refractivity contribution in [2.75, 3.05) is 49.9 Å². The third-order valence-electron chi connectivity index (χ3n) is 6.92. The zero-order valence-electron chi connectivity index (χ0n) is 18.2. The largest absolute Gasteiger partial charge is 0.495 e. The molecule has 0 amide bonds. The molecule has 1 atom stereocenters. The summed E-state index contributed by atoms with van der Waals surface area (Å²) < 4.78 is 23.9. The molecule has 3 heterocycles. The summed E-state index contributed by atoms with van der Waals surface area (Å²) >= 11 is 6.19. The SMILES string of the molecule is COc1cc(C2(OC)CN(c3nc4c(c(NC5(CO)CCC5)n3)S(=O)CC4)C2)ccc1Cl. The lowest BCUT2D eigenvalue weighted by molar-refractivity contribution is -0.0391. The molecule has 2 aromatic rings. The first-order chi connectivity index (χ1) is 15.4. The predicted molar refractivity (Wildman–Crippen MR) is 123 cm³/mol. The highest BCUT2D eigenvalue weighted by Gasteiger charge is 2.47. The van der Waals surface area contributed by atoms with Gasteiger partial charge in [-0.05, 0) is 37.0 Å². The van der Waals surface area contributed by atoms with Crippen molar-refractivity contribution in [3.8, 4) is 5.75 Å². The molecule has 0 spiro atoms. The molecule has 1 saturated heterocycles. The third kappa shape index (κ3) is 3.46. The number of benzene rings is 1. The Morgan fingerprint density at radius 2 is 2.06 bits per heavy atom. The van der Waals surface area contributed by atoms with Crippen molar-refractivity contribution in [3.63, 3.8) is 0 Å². The van der Waals surface area contributed by atoms with Crippen molar-refractivity contribution < 1.29 is 18.8 Å². The fourth-order valence-electron chi connectivity index (χ4n) is 4.67. The molecule has 1 aliphatic carbocycles. The average Bonchev–Trinajstić information content (AvgIpc) is 3.12. The maximum Gasteiger partial charge on any atom is 0.227 e. The van der Waals surface area contributed by atoms with Crippen LogP contribution in [0.4, 0.5) is 11.8 Å². The van der Waals surface area contributed by atoms with Crippen molar-refractivity contribution >= 4 is 34.2 Å². The number of hydrogen-bond acceptors (Lipinski definition) is 8. The summed E-state index contributed by atoms with van der Waals surface area (Å²) in [6.45, 7) is 1.17. The lowest BCUT2D eigenvalue weighted by Crippen LogP contribution is -2.61. The zero-order chi connectivity index (χ0) is 22.5. The Bertz CT molecular complexity index is 1070. The van der Waals surface area contributed by atoms with E-state index in [1.807, 2.05) is 18.2 Å². The van der Waals surface area contributed by atoms with Crippen LogP contribution in [-0.2, 0) is 27.6 Å². The number of aryl methyl sites for hydroxylation is 1. The number of halogens is 1. The molecule has 0 bridgehead atoms. The van der Waals surface area contributed by atoms with Crippen molar-refractivity contribution in [2.45, 2.75) is 41.7 Å². The number of methoxy groups -OCH3 is 2. The molecule has 5 rings (SSSR count). The number of nitrogens with one attached hydrogen (secondary N) is 1.